The largest absolute Gasteiger partial charge is 0.396 e. The van der Waals surface area contributed by atoms with Crippen molar-refractivity contribution < 1.29 is 9.84 Å². The van der Waals surface area contributed by atoms with Gasteiger partial charge in [0.05, 0.1) is 6.61 Å². The molecule has 4 nitrogen and oxygen atoms in total. The Labute approximate surface area is 125 Å². The van der Waals surface area contributed by atoms with Crippen LogP contribution in [0.1, 0.15) is 36.6 Å². The van der Waals surface area contributed by atoms with Crippen LogP contribution < -0.4 is 5.32 Å². The molecule has 0 fully saturated rings. The maximum absolute atomic E-state index is 9.20. The molecule has 0 saturated carbocycles. The summed E-state index contributed by atoms with van der Waals surface area (Å²) in [7, 11) is 1.71. The van der Waals surface area contributed by atoms with Crippen molar-refractivity contribution in [1.29, 1.82) is 0 Å². The van der Waals surface area contributed by atoms with Crippen LogP contribution in [-0.2, 0) is 11.2 Å². The Morgan fingerprint density at radius 2 is 2.29 bits per heavy atom. The van der Waals surface area contributed by atoms with Crippen LogP contribution in [0.5, 0.6) is 0 Å². The molecule has 0 spiro atoms. The number of aliphatic hydroxyl groups is 1. The van der Waals surface area contributed by atoms with Gasteiger partial charge in [-0.3, -0.25) is 0 Å². The highest BCUT2D eigenvalue weighted by Crippen LogP contribution is 2.34. The van der Waals surface area contributed by atoms with Gasteiger partial charge in [0.15, 0.2) is 0 Å². The summed E-state index contributed by atoms with van der Waals surface area (Å²) in [6, 6.07) is 9.05. The zero-order chi connectivity index (χ0) is 14.7. The molecule has 0 radical (unpaired) electrons. The monoisotopic (exact) mass is 288 g/mol. The van der Waals surface area contributed by atoms with E-state index in [9.17, 15) is 5.11 Å². The van der Waals surface area contributed by atoms with Gasteiger partial charge in [-0.15, -0.1) is 0 Å². The molecule has 2 unspecified atom stereocenters. The highest BCUT2D eigenvalue weighted by Gasteiger charge is 2.25. The lowest BCUT2D eigenvalue weighted by Gasteiger charge is -2.28. The first kappa shape index (κ1) is 14.6. The second-order valence-electron chi connectivity index (χ2n) is 5.84. The number of methoxy groups -OCH3 is 1. The molecule has 3 rings (SSSR count). The van der Waals surface area contributed by atoms with Gasteiger partial charge in [-0.05, 0) is 37.3 Å². The van der Waals surface area contributed by atoms with E-state index in [1.807, 2.05) is 0 Å². The average molecular weight is 288 g/mol. The summed E-state index contributed by atoms with van der Waals surface area (Å²) in [6.07, 6.45) is 4.20. The first-order valence-corrected chi connectivity index (χ1v) is 7.78. The van der Waals surface area contributed by atoms with Gasteiger partial charge >= 0.3 is 0 Å². The van der Waals surface area contributed by atoms with Crippen molar-refractivity contribution in [3.63, 3.8) is 0 Å². The standard InChI is InChI=1S/C17H24N2O2/c1-21-11-12(9-10-20)18-16-8-4-6-14-13-5-2-3-7-15(13)19-17(14)16/h2-3,5,7,12,16,18-20H,4,6,8-11H2,1H3. The maximum atomic E-state index is 9.20. The molecule has 0 amide bonds. The topological polar surface area (TPSA) is 57.3 Å². The third kappa shape index (κ3) is 2.98. The number of hydrogen-bond acceptors (Lipinski definition) is 3. The van der Waals surface area contributed by atoms with Crippen LogP contribution in [0, 0.1) is 0 Å². The number of benzene rings is 1. The molecule has 1 heterocycles. The lowest BCUT2D eigenvalue weighted by molar-refractivity contribution is 0.140. The molecule has 2 aromatic rings. The number of para-hydroxylation sites is 1. The lowest BCUT2D eigenvalue weighted by atomic mass is 9.91. The SMILES string of the molecule is COCC(CCO)NC1CCCc2c1[nH]c1ccccc21. The van der Waals surface area contributed by atoms with E-state index in [0.29, 0.717) is 12.6 Å². The fourth-order valence-corrected chi connectivity index (χ4v) is 3.44. The summed E-state index contributed by atoms with van der Waals surface area (Å²) in [4.78, 5) is 3.59. The van der Waals surface area contributed by atoms with Gasteiger partial charge in [-0.2, -0.15) is 0 Å². The molecule has 0 bridgehead atoms. The lowest BCUT2D eigenvalue weighted by Crippen LogP contribution is -2.38. The highest BCUT2D eigenvalue weighted by molar-refractivity contribution is 5.85. The van der Waals surface area contributed by atoms with E-state index in [-0.39, 0.29) is 12.6 Å². The number of fused-ring (bicyclic) bond motifs is 3. The third-order valence-corrected chi connectivity index (χ3v) is 4.40. The molecule has 1 aromatic heterocycles. The minimum Gasteiger partial charge on any atom is -0.396 e. The first-order valence-electron chi connectivity index (χ1n) is 7.78. The van der Waals surface area contributed by atoms with Gasteiger partial charge in [0, 0.05) is 42.4 Å². The van der Waals surface area contributed by atoms with E-state index >= 15 is 0 Å². The van der Waals surface area contributed by atoms with Crippen LogP contribution >= 0.6 is 0 Å². The molecule has 1 aliphatic carbocycles. The van der Waals surface area contributed by atoms with Gasteiger partial charge in [-0.1, -0.05) is 18.2 Å². The van der Waals surface area contributed by atoms with Crippen molar-refractivity contribution in [3.8, 4) is 0 Å². The molecule has 21 heavy (non-hydrogen) atoms. The van der Waals surface area contributed by atoms with E-state index in [4.69, 9.17) is 4.74 Å². The summed E-state index contributed by atoms with van der Waals surface area (Å²) in [5.74, 6) is 0. The predicted octanol–water partition coefficient (Wildman–Crippen LogP) is 2.53. The third-order valence-electron chi connectivity index (χ3n) is 4.40. The van der Waals surface area contributed by atoms with Crippen molar-refractivity contribution in [2.45, 2.75) is 37.8 Å². The number of aliphatic hydroxyl groups excluding tert-OH is 1. The second kappa shape index (κ2) is 6.60. The van der Waals surface area contributed by atoms with E-state index in [2.05, 4.69) is 34.6 Å². The van der Waals surface area contributed by atoms with E-state index in [0.717, 1.165) is 19.3 Å². The normalized spacial score (nSPS) is 19.6. The van der Waals surface area contributed by atoms with Crippen molar-refractivity contribution in [2.24, 2.45) is 0 Å². The molecule has 3 N–H and O–H groups in total. The van der Waals surface area contributed by atoms with E-state index in [1.54, 1.807) is 7.11 Å². The van der Waals surface area contributed by atoms with Crippen LogP contribution in [0.4, 0.5) is 0 Å². The number of nitrogens with one attached hydrogen (secondary N) is 2. The molecule has 2 atom stereocenters. The number of aromatic amines is 1. The van der Waals surface area contributed by atoms with Gasteiger partial charge in [-0.25, -0.2) is 0 Å². The van der Waals surface area contributed by atoms with Crippen LogP contribution in [0.25, 0.3) is 10.9 Å². The summed E-state index contributed by atoms with van der Waals surface area (Å²) >= 11 is 0. The zero-order valence-electron chi connectivity index (χ0n) is 12.6. The molecule has 4 heteroatoms. The minimum absolute atomic E-state index is 0.188. The molecule has 0 saturated heterocycles. The highest BCUT2D eigenvalue weighted by atomic mass is 16.5. The minimum atomic E-state index is 0.188. The van der Waals surface area contributed by atoms with Crippen molar-refractivity contribution in [3.05, 3.63) is 35.5 Å². The number of rotatable bonds is 6. The fraction of sp³-hybridized carbons (Fsp3) is 0.529. The predicted molar refractivity (Wildman–Crippen MR) is 84.5 cm³/mol. The summed E-state index contributed by atoms with van der Waals surface area (Å²) in [5, 5.41) is 14.2. The quantitative estimate of drug-likeness (QED) is 0.765. The molecule has 114 valence electrons. The second-order valence-corrected chi connectivity index (χ2v) is 5.84. The Bertz CT molecular complexity index is 587. The van der Waals surface area contributed by atoms with Crippen molar-refractivity contribution >= 4 is 10.9 Å². The number of ether oxygens (including phenoxy) is 1. The molecule has 1 aliphatic rings. The smallest absolute Gasteiger partial charge is 0.0616 e. The van der Waals surface area contributed by atoms with Gasteiger partial charge in [0.25, 0.3) is 0 Å². The summed E-state index contributed by atoms with van der Waals surface area (Å²) in [6.45, 7) is 0.819. The Kier molecular flexibility index (Phi) is 4.58. The maximum Gasteiger partial charge on any atom is 0.0616 e. The average Bonchev–Trinajstić information content (AvgIpc) is 2.88. The molecular formula is C17H24N2O2. The van der Waals surface area contributed by atoms with Gasteiger partial charge in [0.2, 0.25) is 0 Å². The zero-order valence-corrected chi connectivity index (χ0v) is 12.6. The van der Waals surface area contributed by atoms with E-state index < -0.39 is 0 Å². The molecule has 0 aliphatic heterocycles. The number of aromatic nitrogens is 1. The Hall–Kier alpha value is -1.36. The van der Waals surface area contributed by atoms with Crippen LogP contribution in [0.3, 0.4) is 0 Å². The van der Waals surface area contributed by atoms with Gasteiger partial charge < -0.3 is 20.1 Å². The number of H-pyrrole nitrogens is 1. The Morgan fingerprint density at radius 1 is 1.43 bits per heavy atom. The fourth-order valence-electron chi connectivity index (χ4n) is 3.44. The number of hydrogen-bond donors (Lipinski definition) is 3. The first-order chi connectivity index (χ1) is 10.3. The van der Waals surface area contributed by atoms with Crippen molar-refractivity contribution in [2.75, 3.05) is 20.3 Å². The van der Waals surface area contributed by atoms with Crippen LogP contribution in [0.2, 0.25) is 0 Å². The molecular weight excluding hydrogens is 264 g/mol. The van der Waals surface area contributed by atoms with E-state index in [1.165, 1.54) is 28.6 Å². The van der Waals surface area contributed by atoms with Crippen LogP contribution in [-0.4, -0.2) is 36.5 Å². The molecule has 1 aromatic carbocycles. The Morgan fingerprint density at radius 3 is 3.10 bits per heavy atom. The summed E-state index contributed by atoms with van der Waals surface area (Å²) in [5.41, 5.74) is 4.00. The van der Waals surface area contributed by atoms with Crippen molar-refractivity contribution in [1.82, 2.24) is 10.3 Å². The van der Waals surface area contributed by atoms with Gasteiger partial charge in [0.1, 0.15) is 0 Å². The number of aryl methyl sites for hydroxylation is 1. The Balaban J connectivity index is 1.86. The summed E-state index contributed by atoms with van der Waals surface area (Å²) < 4.78 is 5.26. The van der Waals surface area contributed by atoms with Crippen LogP contribution in [0.15, 0.2) is 24.3 Å².